The zero-order valence-corrected chi connectivity index (χ0v) is 39.0. The van der Waals surface area contributed by atoms with E-state index < -0.39 is 0 Å². The van der Waals surface area contributed by atoms with E-state index in [0.29, 0.717) is 0 Å². The van der Waals surface area contributed by atoms with Crippen LogP contribution in [0.25, 0.3) is 66.1 Å². The Balaban J connectivity index is 1.01. The molecule has 0 N–H and O–H groups in total. The second-order valence-electron chi connectivity index (χ2n) is 17.6. The van der Waals surface area contributed by atoms with Gasteiger partial charge in [0.1, 0.15) is 0 Å². The summed E-state index contributed by atoms with van der Waals surface area (Å²) in [6, 6.07) is 60.4. The van der Waals surface area contributed by atoms with Crippen LogP contribution in [0.4, 0.5) is 17.1 Å². The van der Waals surface area contributed by atoms with Crippen LogP contribution < -0.4 is 9.80 Å². The molecule has 1 aliphatic rings. The number of anilines is 3. The molecule has 10 rings (SSSR count). The fourth-order valence-electron chi connectivity index (χ4n) is 10.1. The molecule has 9 aromatic rings. The zero-order valence-electron chi connectivity index (χ0n) is 39.0. The normalized spacial score (nSPS) is 13.5. The first-order valence-electron chi connectivity index (χ1n) is 24.0. The smallest absolute Gasteiger partial charge is 0.0541 e. The lowest BCUT2D eigenvalue weighted by Gasteiger charge is -2.32. The van der Waals surface area contributed by atoms with Gasteiger partial charge in [-0.2, -0.15) is 0 Å². The van der Waals surface area contributed by atoms with E-state index in [-0.39, 0.29) is 6.04 Å². The summed E-state index contributed by atoms with van der Waals surface area (Å²) in [5, 5.41) is 4.93. The Morgan fingerprint density at radius 3 is 1.74 bits per heavy atom. The molecule has 0 radical (unpaired) electrons. The molecule has 0 saturated heterocycles. The second kappa shape index (κ2) is 19.8. The quantitative estimate of drug-likeness (QED) is 0.0710. The van der Waals surface area contributed by atoms with E-state index in [1.807, 2.05) is 12.2 Å². The van der Waals surface area contributed by atoms with Gasteiger partial charge < -0.3 is 18.9 Å². The number of nitrogens with zero attached hydrogens (tertiary/aromatic N) is 4. The summed E-state index contributed by atoms with van der Waals surface area (Å²) in [7, 11) is 0. The van der Waals surface area contributed by atoms with Crippen LogP contribution in [0.2, 0.25) is 0 Å². The first-order valence-corrected chi connectivity index (χ1v) is 24.0. The lowest BCUT2D eigenvalue weighted by atomic mass is 10.0. The molecule has 0 aliphatic heterocycles. The number of benzene rings is 7. The summed E-state index contributed by atoms with van der Waals surface area (Å²) in [6.07, 6.45) is 25.3. The average Bonchev–Trinajstić information content (AvgIpc) is 3.75. The summed E-state index contributed by atoms with van der Waals surface area (Å²) < 4.78 is 4.81. The zero-order chi connectivity index (χ0) is 46.4. The van der Waals surface area contributed by atoms with Crippen LogP contribution in [0.5, 0.6) is 0 Å². The molecule has 1 aliphatic carbocycles. The molecule has 4 nitrogen and oxygen atoms in total. The molecule has 2 aromatic heterocycles. The predicted molar refractivity (Wildman–Crippen MR) is 294 cm³/mol. The molecule has 0 bridgehead atoms. The molecule has 0 saturated carbocycles. The largest absolute Gasteiger partial charge is 0.339 e. The third kappa shape index (κ3) is 8.46. The Bertz CT molecular complexity index is 3410. The first kappa shape index (κ1) is 43.8. The van der Waals surface area contributed by atoms with Gasteiger partial charge in [0.2, 0.25) is 0 Å². The number of hydrogen-bond donors (Lipinski definition) is 0. The Morgan fingerprint density at radius 1 is 0.588 bits per heavy atom. The van der Waals surface area contributed by atoms with Gasteiger partial charge in [-0.05, 0) is 166 Å². The van der Waals surface area contributed by atoms with Crippen LogP contribution in [-0.2, 0) is 0 Å². The van der Waals surface area contributed by atoms with E-state index in [4.69, 9.17) is 0 Å². The monoisotopic (exact) mass is 882 g/mol. The van der Waals surface area contributed by atoms with Crippen molar-refractivity contribution < 1.29 is 0 Å². The van der Waals surface area contributed by atoms with Gasteiger partial charge in [0.15, 0.2) is 0 Å². The van der Waals surface area contributed by atoms with Crippen molar-refractivity contribution in [3.8, 4) is 22.5 Å². The van der Waals surface area contributed by atoms with Crippen molar-refractivity contribution in [2.75, 3.05) is 9.80 Å². The van der Waals surface area contributed by atoms with Gasteiger partial charge in [-0.3, -0.25) is 0 Å². The van der Waals surface area contributed by atoms with E-state index in [1.54, 1.807) is 0 Å². The van der Waals surface area contributed by atoms with Gasteiger partial charge in [-0.1, -0.05) is 109 Å². The average molecular weight is 883 g/mol. The standard InChI is InChI=1S/C64H58N4/c1-5-8-10-14-23-47(4)65(50(7-3)24-9-6-2)53-35-39-55(40-36-53)67-61-31-21-19-29-57(61)59-45-48(33-43-63(59)67)49-34-44-64-60(46-49)58-30-20-22-32-62(58)68(64)56-41-37-54(38-42-56)66(52-27-17-13-18-28-52)51-25-15-11-12-16-26-51/h5-7,10,13-15,17-23,25-46,50H,1-3,8-9,11-12,16,24H2,4H3/b14-10-,47-23+. The maximum atomic E-state index is 4.24. The van der Waals surface area contributed by atoms with Crippen LogP contribution in [0.1, 0.15) is 45.4 Å². The maximum Gasteiger partial charge on any atom is 0.0541 e. The summed E-state index contributed by atoms with van der Waals surface area (Å²) >= 11 is 0. The van der Waals surface area contributed by atoms with Gasteiger partial charge in [-0.15, -0.1) is 19.7 Å². The minimum Gasteiger partial charge on any atom is -0.339 e. The van der Waals surface area contributed by atoms with Crippen molar-refractivity contribution >= 4 is 60.7 Å². The molecular weight excluding hydrogens is 825 g/mol. The van der Waals surface area contributed by atoms with Crippen LogP contribution in [0, 0.1) is 0 Å². The fraction of sp³-hybridized carbons (Fsp3) is 0.125. The van der Waals surface area contributed by atoms with Gasteiger partial charge >= 0.3 is 0 Å². The third-order valence-electron chi connectivity index (χ3n) is 13.3. The summed E-state index contributed by atoms with van der Waals surface area (Å²) in [4.78, 5) is 4.76. The number of aromatic nitrogens is 2. The number of para-hydroxylation sites is 3. The Kier molecular flexibility index (Phi) is 12.8. The van der Waals surface area contributed by atoms with E-state index in [0.717, 1.165) is 66.2 Å². The van der Waals surface area contributed by atoms with Gasteiger partial charge in [-0.25, -0.2) is 0 Å². The van der Waals surface area contributed by atoms with Crippen molar-refractivity contribution in [3.05, 3.63) is 250 Å². The highest BCUT2D eigenvalue weighted by Gasteiger charge is 2.20. The lowest BCUT2D eigenvalue weighted by Crippen LogP contribution is -2.32. The molecular formula is C64H58N4. The number of hydrogen-bond acceptors (Lipinski definition) is 2. The predicted octanol–water partition coefficient (Wildman–Crippen LogP) is 17.7. The molecule has 68 heavy (non-hydrogen) atoms. The van der Waals surface area contributed by atoms with Crippen LogP contribution in [-0.4, -0.2) is 15.2 Å². The van der Waals surface area contributed by atoms with Crippen molar-refractivity contribution in [1.29, 1.82) is 0 Å². The van der Waals surface area contributed by atoms with Crippen molar-refractivity contribution in [3.63, 3.8) is 0 Å². The van der Waals surface area contributed by atoms with E-state index >= 15 is 0 Å². The Labute approximate surface area is 401 Å². The van der Waals surface area contributed by atoms with E-state index in [1.165, 1.54) is 66.9 Å². The van der Waals surface area contributed by atoms with Crippen molar-refractivity contribution in [2.45, 2.75) is 51.5 Å². The third-order valence-corrected chi connectivity index (χ3v) is 13.3. The highest BCUT2D eigenvalue weighted by atomic mass is 15.2. The molecule has 0 fully saturated rings. The number of fused-ring (bicyclic) bond motifs is 6. The lowest BCUT2D eigenvalue weighted by molar-refractivity contribution is 0.688. The Hall–Kier alpha value is -8.08. The molecule has 4 heteroatoms. The molecule has 334 valence electrons. The van der Waals surface area contributed by atoms with Crippen molar-refractivity contribution in [2.24, 2.45) is 0 Å². The summed E-state index contributed by atoms with van der Waals surface area (Å²) in [6.45, 7) is 14.3. The van der Waals surface area contributed by atoms with Gasteiger partial charge in [0, 0.05) is 61.4 Å². The molecule has 7 aromatic carbocycles. The first-order chi connectivity index (χ1) is 33.6. The molecule has 0 amide bonds. The molecule has 1 unspecified atom stereocenters. The van der Waals surface area contributed by atoms with Crippen molar-refractivity contribution in [1.82, 2.24) is 9.13 Å². The molecule has 0 spiro atoms. The minimum absolute atomic E-state index is 0.125. The number of allylic oxidation sites excluding steroid dienone is 9. The topological polar surface area (TPSA) is 16.3 Å². The Morgan fingerprint density at radius 2 is 1.15 bits per heavy atom. The second-order valence-corrected chi connectivity index (χ2v) is 17.6. The van der Waals surface area contributed by atoms with E-state index in [9.17, 15) is 0 Å². The summed E-state index contributed by atoms with van der Waals surface area (Å²) in [5.41, 5.74) is 15.2. The highest BCUT2D eigenvalue weighted by molar-refractivity contribution is 6.12. The minimum atomic E-state index is 0.125. The molecule has 2 heterocycles. The van der Waals surface area contributed by atoms with Gasteiger partial charge in [0.05, 0.1) is 28.1 Å². The van der Waals surface area contributed by atoms with E-state index in [2.05, 4.69) is 252 Å². The van der Waals surface area contributed by atoms with Gasteiger partial charge in [0.25, 0.3) is 0 Å². The maximum absolute atomic E-state index is 4.24. The fourth-order valence-corrected chi connectivity index (χ4v) is 10.1. The SMILES string of the molecule is C=CC/C=C\C=C(/C)N(c1ccc(-n2c3ccccc3c3cc(-c4ccc5c(c4)c4ccccc4n5-c4ccc(N(C5=CCCCC=C5)c5ccccc5)cc4)ccc32)cc1)C(C=C)CCC=C. The van der Waals surface area contributed by atoms with Crippen LogP contribution >= 0.6 is 0 Å². The van der Waals surface area contributed by atoms with Crippen LogP contribution in [0.3, 0.4) is 0 Å². The number of rotatable bonds is 16. The summed E-state index contributed by atoms with van der Waals surface area (Å²) in [5.74, 6) is 0. The van der Waals surface area contributed by atoms with Crippen LogP contribution in [0.15, 0.2) is 250 Å². The molecule has 1 atom stereocenters. The highest BCUT2D eigenvalue weighted by Crippen LogP contribution is 2.40.